The van der Waals surface area contributed by atoms with Crippen LogP contribution in [0, 0.1) is 0 Å². The van der Waals surface area contributed by atoms with E-state index in [1.807, 2.05) is 19.1 Å². The van der Waals surface area contributed by atoms with Crippen molar-refractivity contribution in [1.29, 1.82) is 0 Å². The summed E-state index contributed by atoms with van der Waals surface area (Å²) in [5.41, 5.74) is 0.278. The molecule has 0 aliphatic carbocycles. The van der Waals surface area contributed by atoms with Gasteiger partial charge in [0.2, 0.25) is 5.75 Å². The first-order chi connectivity index (χ1) is 14.0. The van der Waals surface area contributed by atoms with Crippen molar-refractivity contribution in [3.05, 3.63) is 17.7 Å². The standard InChI is InChI=1S/C22H39N3O4.HI/c1-7-13-22(26,14-8-2)16-25-21(23-9-3)24-15-12-17-10-11-18(27-4)20(29-6)19(17)28-5;/h10-11,26H,7-9,12-16H2,1-6H3,(H2,23,24,25);1H. The van der Waals surface area contributed by atoms with Gasteiger partial charge in [0.05, 0.1) is 33.5 Å². The molecule has 7 nitrogen and oxygen atoms in total. The summed E-state index contributed by atoms with van der Waals surface area (Å²) in [6.07, 6.45) is 4.12. The minimum Gasteiger partial charge on any atom is -0.493 e. The monoisotopic (exact) mass is 537 g/mol. The molecule has 0 fully saturated rings. The summed E-state index contributed by atoms with van der Waals surface area (Å²) >= 11 is 0. The van der Waals surface area contributed by atoms with Gasteiger partial charge in [0, 0.05) is 18.7 Å². The van der Waals surface area contributed by atoms with Crippen LogP contribution in [0.2, 0.25) is 0 Å². The minimum atomic E-state index is -0.738. The molecular weight excluding hydrogens is 497 g/mol. The number of methoxy groups -OCH3 is 3. The van der Waals surface area contributed by atoms with Gasteiger partial charge in [-0.3, -0.25) is 4.99 Å². The van der Waals surface area contributed by atoms with Gasteiger partial charge in [0.1, 0.15) is 0 Å². The molecule has 1 aromatic carbocycles. The second-order valence-corrected chi connectivity index (χ2v) is 7.09. The molecule has 0 saturated heterocycles. The zero-order valence-electron chi connectivity index (χ0n) is 19.3. The number of guanidine groups is 1. The predicted molar refractivity (Wildman–Crippen MR) is 134 cm³/mol. The topological polar surface area (TPSA) is 84.3 Å². The lowest BCUT2D eigenvalue weighted by atomic mass is 9.93. The summed E-state index contributed by atoms with van der Waals surface area (Å²) in [5, 5.41) is 17.4. The number of hydrogen-bond donors (Lipinski definition) is 3. The van der Waals surface area contributed by atoms with Gasteiger partial charge < -0.3 is 30.0 Å². The van der Waals surface area contributed by atoms with Crippen molar-refractivity contribution in [2.75, 3.05) is 41.0 Å². The molecule has 174 valence electrons. The Kier molecular flexibility index (Phi) is 14.7. The van der Waals surface area contributed by atoms with Crippen molar-refractivity contribution < 1.29 is 19.3 Å². The van der Waals surface area contributed by atoms with E-state index in [9.17, 15) is 5.11 Å². The van der Waals surface area contributed by atoms with Crippen LogP contribution in [0.4, 0.5) is 0 Å². The largest absolute Gasteiger partial charge is 0.493 e. The lowest BCUT2D eigenvalue weighted by molar-refractivity contribution is 0.0306. The summed E-state index contributed by atoms with van der Waals surface area (Å²) in [6.45, 7) is 8.01. The molecule has 0 aliphatic heterocycles. The Morgan fingerprint density at radius 3 is 2.10 bits per heavy atom. The molecule has 0 aliphatic rings. The lowest BCUT2D eigenvalue weighted by Crippen LogP contribution is -2.40. The molecule has 0 amide bonds. The molecular formula is C22H40IN3O4. The maximum absolute atomic E-state index is 10.8. The summed E-state index contributed by atoms with van der Waals surface area (Å²) in [4.78, 5) is 4.63. The van der Waals surface area contributed by atoms with E-state index >= 15 is 0 Å². The van der Waals surface area contributed by atoms with Crippen molar-refractivity contribution in [3.63, 3.8) is 0 Å². The highest BCUT2D eigenvalue weighted by Gasteiger charge is 2.24. The Balaban J connectivity index is 0.00000841. The fourth-order valence-electron chi connectivity index (χ4n) is 3.46. The van der Waals surface area contributed by atoms with Crippen molar-refractivity contribution in [3.8, 4) is 17.2 Å². The minimum absolute atomic E-state index is 0. The average Bonchev–Trinajstić information content (AvgIpc) is 2.71. The van der Waals surface area contributed by atoms with Gasteiger partial charge in [-0.2, -0.15) is 0 Å². The van der Waals surface area contributed by atoms with Crippen LogP contribution in [0.25, 0.3) is 0 Å². The van der Waals surface area contributed by atoms with Crippen molar-refractivity contribution in [2.24, 2.45) is 4.99 Å². The highest BCUT2D eigenvalue weighted by Crippen LogP contribution is 2.39. The molecule has 0 aromatic heterocycles. The van der Waals surface area contributed by atoms with E-state index in [2.05, 4.69) is 29.5 Å². The molecule has 0 heterocycles. The molecule has 0 unspecified atom stereocenters. The second kappa shape index (κ2) is 15.4. The number of hydrogen-bond acceptors (Lipinski definition) is 5. The maximum atomic E-state index is 10.8. The van der Waals surface area contributed by atoms with Gasteiger partial charge in [0.15, 0.2) is 17.5 Å². The highest BCUT2D eigenvalue weighted by atomic mass is 127. The predicted octanol–water partition coefficient (Wildman–Crippen LogP) is 3.76. The zero-order chi connectivity index (χ0) is 21.7. The molecule has 0 spiro atoms. The van der Waals surface area contributed by atoms with Gasteiger partial charge in [-0.15, -0.1) is 24.0 Å². The van der Waals surface area contributed by atoms with Gasteiger partial charge in [-0.05, 0) is 32.3 Å². The van der Waals surface area contributed by atoms with E-state index in [0.717, 1.165) is 44.2 Å². The second-order valence-electron chi connectivity index (χ2n) is 7.09. The van der Waals surface area contributed by atoms with Crippen LogP contribution in [0.1, 0.15) is 52.0 Å². The summed E-state index contributed by atoms with van der Waals surface area (Å²) in [7, 11) is 4.84. The summed E-state index contributed by atoms with van der Waals surface area (Å²) in [5.74, 6) is 2.62. The Morgan fingerprint density at radius 2 is 1.60 bits per heavy atom. The van der Waals surface area contributed by atoms with E-state index in [4.69, 9.17) is 14.2 Å². The fourth-order valence-corrected chi connectivity index (χ4v) is 3.46. The number of rotatable bonds is 13. The first kappa shape index (κ1) is 28.6. The highest BCUT2D eigenvalue weighted by molar-refractivity contribution is 14.0. The summed E-state index contributed by atoms with van der Waals surface area (Å²) < 4.78 is 16.3. The van der Waals surface area contributed by atoms with Crippen LogP contribution in [-0.4, -0.2) is 57.6 Å². The molecule has 0 saturated carbocycles. The number of aliphatic imine (C=N–C) groups is 1. The van der Waals surface area contributed by atoms with Crippen LogP contribution in [-0.2, 0) is 6.42 Å². The lowest BCUT2D eigenvalue weighted by Gasteiger charge is -2.26. The molecule has 8 heteroatoms. The van der Waals surface area contributed by atoms with Gasteiger partial charge in [-0.25, -0.2) is 0 Å². The quantitative estimate of drug-likeness (QED) is 0.202. The van der Waals surface area contributed by atoms with Crippen LogP contribution in [0.5, 0.6) is 17.2 Å². The molecule has 0 atom stereocenters. The van der Waals surface area contributed by atoms with Gasteiger partial charge in [-0.1, -0.05) is 32.8 Å². The van der Waals surface area contributed by atoms with E-state index in [-0.39, 0.29) is 24.0 Å². The van der Waals surface area contributed by atoms with Crippen LogP contribution in [0.3, 0.4) is 0 Å². The number of aliphatic hydroxyl groups is 1. The smallest absolute Gasteiger partial charge is 0.203 e. The number of halogens is 1. The molecule has 3 N–H and O–H groups in total. The van der Waals surface area contributed by atoms with Crippen LogP contribution < -0.4 is 24.8 Å². The third-order valence-electron chi connectivity index (χ3n) is 4.78. The van der Waals surface area contributed by atoms with Gasteiger partial charge in [0.25, 0.3) is 0 Å². The van der Waals surface area contributed by atoms with Gasteiger partial charge >= 0.3 is 0 Å². The molecule has 30 heavy (non-hydrogen) atoms. The SMILES string of the molecule is CCCC(O)(CCC)CN=C(NCC)NCCc1ccc(OC)c(OC)c1OC.I. The van der Waals surface area contributed by atoms with Crippen LogP contribution in [0.15, 0.2) is 17.1 Å². The Bertz CT molecular complexity index is 635. The summed E-state index contributed by atoms with van der Waals surface area (Å²) in [6, 6.07) is 3.86. The average molecular weight is 537 g/mol. The van der Waals surface area contributed by atoms with Crippen molar-refractivity contribution in [1.82, 2.24) is 10.6 Å². The molecule has 0 radical (unpaired) electrons. The number of benzene rings is 1. The molecule has 1 rings (SSSR count). The normalized spacial score (nSPS) is 11.5. The fraction of sp³-hybridized carbons (Fsp3) is 0.682. The number of nitrogens with zero attached hydrogens (tertiary/aromatic N) is 1. The Hall–Kier alpha value is -1.42. The van der Waals surface area contributed by atoms with E-state index in [1.54, 1.807) is 21.3 Å². The Labute approximate surface area is 199 Å². The van der Waals surface area contributed by atoms with E-state index in [1.165, 1.54) is 0 Å². The van der Waals surface area contributed by atoms with Crippen LogP contribution >= 0.6 is 24.0 Å². The Morgan fingerprint density at radius 1 is 0.967 bits per heavy atom. The maximum Gasteiger partial charge on any atom is 0.203 e. The number of nitrogens with one attached hydrogen (secondary N) is 2. The zero-order valence-corrected chi connectivity index (χ0v) is 21.7. The van der Waals surface area contributed by atoms with Crippen molar-refractivity contribution >= 4 is 29.9 Å². The first-order valence-electron chi connectivity index (χ1n) is 10.5. The first-order valence-corrected chi connectivity index (χ1v) is 10.5. The van der Waals surface area contributed by atoms with Crippen molar-refractivity contribution in [2.45, 2.75) is 58.5 Å². The van der Waals surface area contributed by atoms with E-state index < -0.39 is 5.60 Å². The number of ether oxygens (including phenoxy) is 3. The third kappa shape index (κ3) is 8.75. The van der Waals surface area contributed by atoms with E-state index in [0.29, 0.717) is 36.3 Å². The molecule has 0 bridgehead atoms. The molecule has 1 aromatic rings. The third-order valence-corrected chi connectivity index (χ3v) is 4.78.